The molecule has 1 unspecified atom stereocenters. The maximum absolute atomic E-state index is 12.2. The summed E-state index contributed by atoms with van der Waals surface area (Å²) in [5.74, 6) is 0.138. The molecule has 1 aromatic rings. The van der Waals surface area contributed by atoms with Crippen LogP contribution in [-0.4, -0.2) is 45.6 Å². The number of aliphatic hydroxyl groups is 1. The van der Waals surface area contributed by atoms with Crippen LogP contribution in [0.25, 0.3) is 0 Å². The molecule has 3 N–H and O–H groups in total. The van der Waals surface area contributed by atoms with Gasteiger partial charge in [0.2, 0.25) is 5.91 Å². The molecule has 1 fully saturated rings. The number of amides is 1. The number of aryl methyl sites for hydroxylation is 1. The molecule has 1 amide bonds. The van der Waals surface area contributed by atoms with Crippen LogP contribution in [0, 0.1) is 12.8 Å². The number of likely N-dealkylation sites (tertiary alicyclic amines) is 1. The Morgan fingerprint density at radius 3 is 2.81 bits per heavy atom. The van der Waals surface area contributed by atoms with Crippen LogP contribution in [0.1, 0.15) is 30.5 Å². The van der Waals surface area contributed by atoms with E-state index in [1.54, 1.807) is 11.8 Å². The molecular weight excluding hydrogens is 274 g/mol. The third-order valence-electron chi connectivity index (χ3n) is 3.97. The summed E-state index contributed by atoms with van der Waals surface area (Å²) in [7, 11) is 0. The second-order valence-electron chi connectivity index (χ2n) is 5.54. The van der Waals surface area contributed by atoms with Gasteiger partial charge < -0.3 is 15.0 Å². The highest BCUT2D eigenvalue weighted by molar-refractivity contribution is 5.76. The fourth-order valence-corrected chi connectivity index (χ4v) is 2.76. The molecule has 1 atom stereocenters. The van der Waals surface area contributed by atoms with Crippen LogP contribution in [-0.2, 0) is 11.2 Å². The Hall–Kier alpha value is -1.89. The number of piperidine rings is 1. The summed E-state index contributed by atoms with van der Waals surface area (Å²) >= 11 is 0. The highest BCUT2D eigenvalue weighted by Crippen LogP contribution is 2.17. The minimum absolute atomic E-state index is 0.0156. The summed E-state index contributed by atoms with van der Waals surface area (Å²) in [6.07, 6.45) is 2.37. The van der Waals surface area contributed by atoms with E-state index in [1.807, 2.05) is 0 Å². The molecule has 1 aliphatic heterocycles. The maximum atomic E-state index is 12.2. The molecule has 1 aromatic heterocycles. The number of rotatable bonds is 4. The number of hydrogen-bond donors (Lipinski definition) is 3. The van der Waals surface area contributed by atoms with E-state index in [0.717, 1.165) is 12.8 Å². The largest absolute Gasteiger partial charge is 0.396 e. The van der Waals surface area contributed by atoms with Gasteiger partial charge >= 0.3 is 5.69 Å². The first kappa shape index (κ1) is 15.5. The molecule has 0 aliphatic carbocycles. The van der Waals surface area contributed by atoms with Crippen molar-refractivity contribution in [2.24, 2.45) is 5.92 Å². The van der Waals surface area contributed by atoms with Crippen molar-refractivity contribution >= 4 is 5.91 Å². The van der Waals surface area contributed by atoms with Crippen LogP contribution in [0.2, 0.25) is 0 Å². The number of aromatic nitrogens is 2. The second kappa shape index (κ2) is 6.71. The Morgan fingerprint density at radius 1 is 1.38 bits per heavy atom. The van der Waals surface area contributed by atoms with E-state index in [1.165, 1.54) is 0 Å². The van der Waals surface area contributed by atoms with Gasteiger partial charge in [0.05, 0.1) is 0 Å². The molecule has 0 radical (unpaired) electrons. The molecule has 116 valence electrons. The second-order valence-corrected chi connectivity index (χ2v) is 5.54. The number of hydrogen-bond acceptors (Lipinski definition) is 4. The van der Waals surface area contributed by atoms with Crippen molar-refractivity contribution in [2.45, 2.75) is 32.6 Å². The van der Waals surface area contributed by atoms with E-state index in [9.17, 15) is 19.5 Å². The number of aliphatic hydroxyl groups excluding tert-OH is 1. The standard InChI is InChI=1S/C14H21N3O4/c1-9-11(13(20)16-14(21)15-9)4-5-12(19)17-6-2-3-10(7-17)8-18/h10,18H,2-8H2,1H3,(H2,15,16,20,21). The van der Waals surface area contributed by atoms with Gasteiger partial charge in [-0.25, -0.2) is 4.79 Å². The molecular formula is C14H21N3O4. The van der Waals surface area contributed by atoms with Crippen molar-refractivity contribution in [2.75, 3.05) is 19.7 Å². The Kier molecular flexibility index (Phi) is 4.95. The van der Waals surface area contributed by atoms with Crippen LogP contribution in [0.4, 0.5) is 0 Å². The highest BCUT2D eigenvalue weighted by atomic mass is 16.3. The van der Waals surface area contributed by atoms with Gasteiger partial charge in [-0.3, -0.25) is 14.6 Å². The fraction of sp³-hybridized carbons (Fsp3) is 0.643. The molecule has 7 heteroatoms. The Balaban J connectivity index is 1.98. The molecule has 21 heavy (non-hydrogen) atoms. The van der Waals surface area contributed by atoms with E-state index in [-0.39, 0.29) is 24.9 Å². The summed E-state index contributed by atoms with van der Waals surface area (Å²) in [6, 6.07) is 0. The van der Waals surface area contributed by atoms with Crippen molar-refractivity contribution < 1.29 is 9.90 Å². The average Bonchev–Trinajstić information content (AvgIpc) is 2.46. The third kappa shape index (κ3) is 3.81. The minimum Gasteiger partial charge on any atom is -0.396 e. The topological polar surface area (TPSA) is 106 Å². The predicted octanol–water partition coefficient (Wildman–Crippen LogP) is -0.465. The van der Waals surface area contributed by atoms with E-state index in [0.29, 0.717) is 30.8 Å². The number of nitrogens with zero attached hydrogens (tertiary/aromatic N) is 1. The van der Waals surface area contributed by atoms with Gasteiger partial charge in [-0.05, 0) is 32.1 Å². The number of carbonyl (C=O) groups excluding carboxylic acids is 1. The van der Waals surface area contributed by atoms with Crippen LogP contribution in [0.15, 0.2) is 9.59 Å². The smallest absolute Gasteiger partial charge is 0.325 e. The highest BCUT2D eigenvalue weighted by Gasteiger charge is 2.23. The van der Waals surface area contributed by atoms with Crippen LogP contribution < -0.4 is 11.2 Å². The van der Waals surface area contributed by atoms with Gasteiger partial charge in [0.25, 0.3) is 5.56 Å². The Morgan fingerprint density at radius 2 is 2.14 bits per heavy atom. The fourth-order valence-electron chi connectivity index (χ4n) is 2.76. The first-order valence-corrected chi connectivity index (χ1v) is 7.22. The SMILES string of the molecule is Cc1[nH]c(=O)[nH]c(=O)c1CCC(=O)N1CCCC(CO)C1. The number of aromatic amines is 2. The van der Waals surface area contributed by atoms with Crippen molar-refractivity contribution in [3.63, 3.8) is 0 Å². The lowest BCUT2D eigenvalue weighted by Gasteiger charge is -2.32. The van der Waals surface area contributed by atoms with E-state index in [2.05, 4.69) is 9.97 Å². The Bertz CT molecular complexity index is 619. The van der Waals surface area contributed by atoms with Gasteiger partial charge in [0.15, 0.2) is 0 Å². The molecule has 0 bridgehead atoms. The lowest BCUT2D eigenvalue weighted by atomic mass is 9.98. The van der Waals surface area contributed by atoms with Crippen LogP contribution >= 0.6 is 0 Å². The zero-order valence-electron chi connectivity index (χ0n) is 12.1. The van der Waals surface area contributed by atoms with Crippen molar-refractivity contribution in [3.05, 3.63) is 32.1 Å². The van der Waals surface area contributed by atoms with E-state index in [4.69, 9.17) is 0 Å². The zero-order valence-corrected chi connectivity index (χ0v) is 12.1. The summed E-state index contributed by atoms with van der Waals surface area (Å²) in [5.41, 5.74) is -0.0209. The van der Waals surface area contributed by atoms with Crippen molar-refractivity contribution in [1.29, 1.82) is 0 Å². The van der Waals surface area contributed by atoms with Gasteiger partial charge in [-0.2, -0.15) is 0 Å². The minimum atomic E-state index is -0.533. The number of nitrogens with one attached hydrogen (secondary N) is 2. The average molecular weight is 295 g/mol. The van der Waals surface area contributed by atoms with E-state index < -0.39 is 11.2 Å². The van der Waals surface area contributed by atoms with Crippen LogP contribution in [0.3, 0.4) is 0 Å². The van der Waals surface area contributed by atoms with Gasteiger partial charge in [-0.1, -0.05) is 0 Å². The quantitative estimate of drug-likeness (QED) is 0.698. The summed E-state index contributed by atoms with van der Waals surface area (Å²) < 4.78 is 0. The molecule has 7 nitrogen and oxygen atoms in total. The number of H-pyrrole nitrogens is 2. The maximum Gasteiger partial charge on any atom is 0.325 e. The molecule has 0 saturated carbocycles. The molecule has 1 aliphatic rings. The van der Waals surface area contributed by atoms with Gasteiger partial charge in [0.1, 0.15) is 0 Å². The molecule has 2 heterocycles. The lowest BCUT2D eigenvalue weighted by molar-refractivity contribution is -0.133. The van der Waals surface area contributed by atoms with Crippen molar-refractivity contribution in [1.82, 2.24) is 14.9 Å². The lowest BCUT2D eigenvalue weighted by Crippen LogP contribution is -2.41. The van der Waals surface area contributed by atoms with Crippen LogP contribution in [0.5, 0.6) is 0 Å². The monoisotopic (exact) mass is 295 g/mol. The summed E-state index contributed by atoms with van der Waals surface area (Å²) in [4.78, 5) is 41.5. The summed E-state index contributed by atoms with van der Waals surface area (Å²) in [6.45, 7) is 3.04. The molecule has 2 rings (SSSR count). The first-order chi connectivity index (χ1) is 10.0. The summed E-state index contributed by atoms with van der Waals surface area (Å²) in [5, 5.41) is 9.18. The third-order valence-corrected chi connectivity index (χ3v) is 3.97. The number of carbonyl (C=O) groups is 1. The van der Waals surface area contributed by atoms with Crippen molar-refractivity contribution in [3.8, 4) is 0 Å². The van der Waals surface area contributed by atoms with E-state index >= 15 is 0 Å². The molecule has 0 spiro atoms. The van der Waals surface area contributed by atoms with Gasteiger partial charge in [-0.15, -0.1) is 0 Å². The van der Waals surface area contributed by atoms with Gasteiger partial charge in [0, 0.05) is 37.4 Å². The molecule has 1 saturated heterocycles. The predicted molar refractivity (Wildman–Crippen MR) is 77.1 cm³/mol. The zero-order chi connectivity index (χ0) is 15.4. The first-order valence-electron chi connectivity index (χ1n) is 7.22. The Labute approximate surface area is 122 Å². The molecule has 0 aromatic carbocycles. The normalized spacial score (nSPS) is 18.8.